The monoisotopic (exact) mass is 395 g/mol. The third-order valence-electron chi connectivity index (χ3n) is 5.65. The van der Waals surface area contributed by atoms with Crippen molar-refractivity contribution in [3.8, 4) is 0 Å². The summed E-state index contributed by atoms with van der Waals surface area (Å²) in [6.07, 6.45) is 5.04. The Labute approximate surface area is 174 Å². The van der Waals surface area contributed by atoms with Gasteiger partial charge in [-0.05, 0) is 90.0 Å². The van der Waals surface area contributed by atoms with Crippen molar-refractivity contribution < 1.29 is 9.53 Å². The van der Waals surface area contributed by atoms with Crippen LogP contribution in [0.5, 0.6) is 0 Å². The number of aryl methyl sites for hydroxylation is 2. The second-order valence-corrected chi connectivity index (χ2v) is 9.09. The molecule has 29 heavy (non-hydrogen) atoms. The number of carbonyl (C=O) groups is 1. The molecule has 2 aromatic heterocycles. The Bertz CT molecular complexity index is 864. The van der Waals surface area contributed by atoms with E-state index < -0.39 is 5.60 Å². The van der Waals surface area contributed by atoms with Gasteiger partial charge in [-0.1, -0.05) is 6.07 Å². The zero-order valence-corrected chi connectivity index (χ0v) is 18.6. The van der Waals surface area contributed by atoms with Crippen LogP contribution in [0.4, 0.5) is 5.82 Å². The molecule has 1 saturated heterocycles. The first-order valence-electron chi connectivity index (χ1n) is 10.5. The van der Waals surface area contributed by atoms with Crippen molar-refractivity contribution in [2.75, 3.05) is 18.0 Å². The maximum atomic E-state index is 12.8. The second-order valence-electron chi connectivity index (χ2n) is 9.09. The summed E-state index contributed by atoms with van der Waals surface area (Å²) >= 11 is 0. The van der Waals surface area contributed by atoms with Gasteiger partial charge in [0.25, 0.3) is 0 Å². The highest BCUT2D eigenvalue weighted by atomic mass is 16.6. The largest absolute Gasteiger partial charge is 0.456 e. The highest BCUT2D eigenvalue weighted by Gasteiger charge is 2.26. The number of esters is 1. The van der Waals surface area contributed by atoms with Crippen molar-refractivity contribution >= 4 is 11.8 Å². The van der Waals surface area contributed by atoms with Crippen LogP contribution in [0.1, 0.15) is 66.5 Å². The molecule has 0 spiro atoms. The van der Waals surface area contributed by atoms with Crippen molar-refractivity contribution in [1.29, 1.82) is 0 Å². The first kappa shape index (κ1) is 21.3. The molecule has 0 aliphatic carbocycles. The van der Waals surface area contributed by atoms with Gasteiger partial charge in [0, 0.05) is 25.0 Å². The van der Waals surface area contributed by atoms with Gasteiger partial charge in [0.2, 0.25) is 0 Å². The molecule has 0 unspecified atom stereocenters. The van der Waals surface area contributed by atoms with Gasteiger partial charge in [0.15, 0.2) is 0 Å². The fourth-order valence-electron chi connectivity index (χ4n) is 4.19. The second kappa shape index (κ2) is 8.52. The highest BCUT2D eigenvalue weighted by Crippen LogP contribution is 2.29. The van der Waals surface area contributed by atoms with Crippen molar-refractivity contribution in [3.63, 3.8) is 0 Å². The summed E-state index contributed by atoms with van der Waals surface area (Å²) < 4.78 is 5.64. The molecule has 0 atom stereocenters. The Balaban J connectivity index is 1.74. The fourth-order valence-corrected chi connectivity index (χ4v) is 4.19. The van der Waals surface area contributed by atoms with Crippen LogP contribution in [-0.4, -0.2) is 34.6 Å². The number of rotatable bonds is 4. The molecule has 0 bridgehead atoms. The van der Waals surface area contributed by atoms with Gasteiger partial charge in [0.1, 0.15) is 11.4 Å². The summed E-state index contributed by atoms with van der Waals surface area (Å²) in [6, 6.07) is 6.07. The zero-order valence-electron chi connectivity index (χ0n) is 18.6. The van der Waals surface area contributed by atoms with Gasteiger partial charge >= 0.3 is 5.97 Å². The first-order valence-corrected chi connectivity index (χ1v) is 10.5. The molecule has 5 heteroatoms. The maximum Gasteiger partial charge on any atom is 0.340 e. The van der Waals surface area contributed by atoms with Crippen molar-refractivity contribution in [1.82, 2.24) is 9.97 Å². The maximum absolute atomic E-state index is 12.8. The molecule has 1 aliphatic heterocycles. The summed E-state index contributed by atoms with van der Waals surface area (Å²) in [5.41, 5.74) is 4.12. The van der Waals surface area contributed by atoms with Crippen molar-refractivity contribution in [2.45, 2.75) is 66.4 Å². The topological polar surface area (TPSA) is 55.3 Å². The lowest BCUT2D eigenvalue weighted by Gasteiger charge is -2.33. The SMILES string of the molecule is Cc1nc(C)c(C(=O)OC(C)(C)C)c(C)c1CC1CCN(c2ccccn2)CC1. The molecule has 1 aliphatic rings. The van der Waals surface area contributed by atoms with Crippen LogP contribution in [-0.2, 0) is 11.2 Å². The van der Waals surface area contributed by atoms with Crippen LogP contribution in [0, 0.1) is 26.7 Å². The predicted molar refractivity (Wildman–Crippen MR) is 116 cm³/mol. The average molecular weight is 396 g/mol. The lowest BCUT2D eigenvalue weighted by molar-refractivity contribution is 0.00672. The van der Waals surface area contributed by atoms with E-state index in [9.17, 15) is 4.79 Å². The van der Waals surface area contributed by atoms with Crippen LogP contribution < -0.4 is 4.90 Å². The number of aromatic nitrogens is 2. The molecule has 5 nitrogen and oxygen atoms in total. The van der Waals surface area contributed by atoms with Crippen LogP contribution in [0.3, 0.4) is 0 Å². The number of ether oxygens (including phenoxy) is 1. The standard InChI is InChI=1S/C24H33N3O2/c1-16-20(17(2)26-18(3)22(16)23(28)29-24(4,5)6)15-19-10-13-27(14-11-19)21-9-7-8-12-25-21/h7-9,12,19H,10-11,13-15H2,1-6H3. The van der Waals surface area contributed by atoms with E-state index in [-0.39, 0.29) is 5.97 Å². The summed E-state index contributed by atoms with van der Waals surface area (Å²) in [4.78, 5) is 24.3. The van der Waals surface area contributed by atoms with E-state index in [0.717, 1.165) is 55.1 Å². The number of hydrogen-bond acceptors (Lipinski definition) is 5. The normalized spacial score (nSPS) is 15.4. The van der Waals surface area contributed by atoms with E-state index >= 15 is 0 Å². The van der Waals surface area contributed by atoms with Crippen LogP contribution >= 0.6 is 0 Å². The molecule has 1 fully saturated rings. The van der Waals surface area contributed by atoms with E-state index in [4.69, 9.17) is 9.72 Å². The molecule has 0 aromatic carbocycles. The molecule has 2 aromatic rings. The Hall–Kier alpha value is -2.43. The minimum atomic E-state index is -0.515. The van der Waals surface area contributed by atoms with Gasteiger partial charge in [-0.2, -0.15) is 0 Å². The number of carbonyl (C=O) groups excluding carboxylic acids is 1. The average Bonchev–Trinajstić information content (AvgIpc) is 2.65. The van der Waals surface area contributed by atoms with E-state index in [1.54, 1.807) is 0 Å². The third-order valence-corrected chi connectivity index (χ3v) is 5.65. The van der Waals surface area contributed by atoms with Gasteiger partial charge in [-0.15, -0.1) is 0 Å². The summed E-state index contributed by atoms with van der Waals surface area (Å²) in [6.45, 7) is 13.7. The highest BCUT2D eigenvalue weighted by molar-refractivity contribution is 5.93. The van der Waals surface area contributed by atoms with Gasteiger partial charge in [-0.25, -0.2) is 9.78 Å². The number of anilines is 1. The van der Waals surface area contributed by atoms with Crippen molar-refractivity contribution in [2.24, 2.45) is 5.92 Å². The van der Waals surface area contributed by atoms with Crippen LogP contribution in [0.25, 0.3) is 0 Å². The Kier molecular flexibility index (Phi) is 6.25. The van der Waals surface area contributed by atoms with Gasteiger partial charge in [0.05, 0.1) is 11.3 Å². The number of hydrogen-bond donors (Lipinski definition) is 0. The lowest BCUT2D eigenvalue weighted by atomic mass is 9.86. The number of nitrogens with zero attached hydrogens (tertiary/aromatic N) is 3. The summed E-state index contributed by atoms with van der Waals surface area (Å²) in [5, 5.41) is 0. The van der Waals surface area contributed by atoms with Crippen LogP contribution in [0.2, 0.25) is 0 Å². The van der Waals surface area contributed by atoms with E-state index in [0.29, 0.717) is 11.5 Å². The molecule has 3 rings (SSSR count). The van der Waals surface area contributed by atoms with Gasteiger partial charge < -0.3 is 9.64 Å². The molecule has 0 N–H and O–H groups in total. The molecular formula is C24H33N3O2. The van der Waals surface area contributed by atoms with Crippen LogP contribution in [0.15, 0.2) is 24.4 Å². The Morgan fingerprint density at radius 1 is 1.14 bits per heavy atom. The molecule has 0 amide bonds. The summed E-state index contributed by atoms with van der Waals surface area (Å²) in [7, 11) is 0. The van der Waals surface area contributed by atoms with Gasteiger partial charge in [-0.3, -0.25) is 4.98 Å². The smallest absolute Gasteiger partial charge is 0.340 e. The number of pyridine rings is 2. The Morgan fingerprint density at radius 2 is 1.83 bits per heavy atom. The van der Waals surface area contributed by atoms with Crippen molar-refractivity contribution in [3.05, 3.63) is 52.5 Å². The fraction of sp³-hybridized carbons (Fsp3) is 0.542. The first-order chi connectivity index (χ1) is 13.7. The number of piperidine rings is 1. The Morgan fingerprint density at radius 3 is 2.41 bits per heavy atom. The lowest BCUT2D eigenvalue weighted by Crippen LogP contribution is -2.35. The molecular weight excluding hydrogens is 362 g/mol. The van der Waals surface area contributed by atoms with E-state index in [2.05, 4.69) is 22.9 Å². The molecule has 156 valence electrons. The minimum Gasteiger partial charge on any atom is -0.456 e. The van der Waals surface area contributed by atoms with E-state index in [1.807, 2.05) is 52.9 Å². The predicted octanol–water partition coefficient (Wildman–Crippen LogP) is 4.82. The zero-order chi connectivity index (χ0) is 21.2. The molecule has 0 radical (unpaired) electrons. The molecule has 0 saturated carbocycles. The molecule has 3 heterocycles. The van der Waals surface area contributed by atoms with E-state index in [1.165, 1.54) is 5.56 Å². The quantitative estimate of drug-likeness (QED) is 0.695. The third kappa shape index (κ3) is 5.14. The summed E-state index contributed by atoms with van der Waals surface area (Å²) in [5.74, 6) is 1.37. The minimum absolute atomic E-state index is 0.272.